The van der Waals surface area contributed by atoms with Crippen LogP contribution in [0.3, 0.4) is 0 Å². The lowest BCUT2D eigenvalue weighted by atomic mass is 9.90. The minimum atomic E-state index is -0.203. The van der Waals surface area contributed by atoms with Crippen LogP contribution in [0.2, 0.25) is 0 Å². The second kappa shape index (κ2) is 3.07. The van der Waals surface area contributed by atoms with E-state index in [4.69, 9.17) is 4.74 Å². The molecular weight excluding hydrogens is 140 g/mol. The first-order chi connectivity index (χ1) is 5.22. The van der Waals surface area contributed by atoms with Crippen LogP contribution in [-0.4, -0.2) is 11.4 Å². The topological polar surface area (TPSA) is 26.3 Å². The number of carbonyl (C=O) groups is 1. The smallest absolute Gasteiger partial charge is 0.162 e. The monoisotopic (exact) mass is 154 g/mol. The van der Waals surface area contributed by atoms with Crippen molar-refractivity contribution in [2.75, 3.05) is 0 Å². The summed E-state index contributed by atoms with van der Waals surface area (Å²) in [5.74, 6) is 0.181. The Balaban J connectivity index is 2.71. The van der Waals surface area contributed by atoms with Crippen LogP contribution in [0.25, 0.3) is 0 Å². The maximum Gasteiger partial charge on any atom is 0.162 e. The zero-order valence-corrected chi connectivity index (χ0v) is 7.09. The predicted molar refractivity (Wildman–Crippen MR) is 43.2 cm³/mol. The number of allylic oxidation sites excluding steroid dienone is 1. The molecule has 1 heterocycles. The van der Waals surface area contributed by atoms with Gasteiger partial charge in [0, 0.05) is 6.08 Å². The molecule has 0 N–H and O–H groups in total. The molecule has 1 aliphatic rings. The van der Waals surface area contributed by atoms with Crippen LogP contribution >= 0.6 is 0 Å². The van der Waals surface area contributed by atoms with Gasteiger partial charge in [-0.3, -0.25) is 4.79 Å². The number of hydrogen-bond donors (Lipinski definition) is 0. The second-order valence-corrected chi connectivity index (χ2v) is 2.95. The van der Waals surface area contributed by atoms with Crippen molar-refractivity contribution in [1.29, 1.82) is 0 Å². The maximum atomic E-state index is 11.0. The van der Waals surface area contributed by atoms with Crippen LogP contribution in [0.1, 0.15) is 33.1 Å². The highest BCUT2D eigenvalue weighted by Gasteiger charge is 2.31. The number of hydrogen-bond acceptors (Lipinski definition) is 2. The Bertz CT molecular complexity index is 178. The van der Waals surface area contributed by atoms with Gasteiger partial charge in [-0.25, -0.2) is 0 Å². The third-order valence-corrected chi connectivity index (χ3v) is 2.36. The van der Waals surface area contributed by atoms with Gasteiger partial charge < -0.3 is 4.74 Å². The van der Waals surface area contributed by atoms with E-state index in [1.165, 1.54) is 12.3 Å². The fourth-order valence-corrected chi connectivity index (χ4v) is 1.34. The quantitative estimate of drug-likeness (QED) is 0.608. The summed E-state index contributed by atoms with van der Waals surface area (Å²) in [7, 11) is 0. The van der Waals surface area contributed by atoms with Crippen LogP contribution in [-0.2, 0) is 9.53 Å². The van der Waals surface area contributed by atoms with Gasteiger partial charge in [0.2, 0.25) is 0 Å². The van der Waals surface area contributed by atoms with Gasteiger partial charge >= 0.3 is 0 Å². The average molecular weight is 154 g/mol. The summed E-state index contributed by atoms with van der Waals surface area (Å²) >= 11 is 0. The van der Waals surface area contributed by atoms with Gasteiger partial charge in [0.05, 0.1) is 12.7 Å². The molecule has 0 radical (unpaired) electrons. The van der Waals surface area contributed by atoms with Gasteiger partial charge in [0.1, 0.15) is 5.60 Å². The summed E-state index contributed by atoms with van der Waals surface area (Å²) in [6, 6.07) is 0. The van der Waals surface area contributed by atoms with Crippen LogP contribution in [0.4, 0.5) is 0 Å². The predicted octanol–water partition coefficient (Wildman–Crippen LogP) is 2.05. The molecule has 0 aliphatic carbocycles. The molecule has 1 aliphatic heterocycles. The Hall–Kier alpha value is -0.790. The van der Waals surface area contributed by atoms with E-state index in [2.05, 4.69) is 13.8 Å². The molecule has 1 rings (SSSR count). The zero-order chi connectivity index (χ0) is 8.32. The molecule has 0 saturated heterocycles. The third kappa shape index (κ3) is 1.62. The Morgan fingerprint density at radius 1 is 1.55 bits per heavy atom. The van der Waals surface area contributed by atoms with Gasteiger partial charge in [-0.15, -0.1) is 0 Å². The highest BCUT2D eigenvalue weighted by molar-refractivity contribution is 5.90. The van der Waals surface area contributed by atoms with E-state index in [9.17, 15) is 4.79 Å². The van der Waals surface area contributed by atoms with Gasteiger partial charge in [0.25, 0.3) is 0 Å². The Kier molecular flexibility index (Phi) is 2.32. The minimum absolute atomic E-state index is 0.181. The SMILES string of the molecule is CCC1(CC)CC(=O)C=CO1. The summed E-state index contributed by atoms with van der Waals surface area (Å²) in [5.41, 5.74) is -0.203. The van der Waals surface area contributed by atoms with E-state index >= 15 is 0 Å². The van der Waals surface area contributed by atoms with Crippen LogP contribution < -0.4 is 0 Å². The van der Waals surface area contributed by atoms with Crippen molar-refractivity contribution < 1.29 is 9.53 Å². The van der Waals surface area contributed by atoms with Gasteiger partial charge in [-0.1, -0.05) is 13.8 Å². The van der Waals surface area contributed by atoms with E-state index in [1.54, 1.807) is 0 Å². The number of ether oxygens (including phenoxy) is 1. The summed E-state index contributed by atoms with van der Waals surface area (Å²) in [5, 5.41) is 0. The van der Waals surface area contributed by atoms with Crippen LogP contribution in [0, 0.1) is 0 Å². The molecule has 0 aromatic carbocycles. The number of carbonyl (C=O) groups excluding carboxylic acids is 1. The fraction of sp³-hybridized carbons (Fsp3) is 0.667. The first-order valence-electron chi connectivity index (χ1n) is 4.09. The normalized spacial score (nSPS) is 21.5. The minimum Gasteiger partial charge on any atom is -0.494 e. The van der Waals surface area contributed by atoms with Crippen molar-refractivity contribution in [3.63, 3.8) is 0 Å². The van der Waals surface area contributed by atoms with Crippen molar-refractivity contribution >= 4 is 5.78 Å². The highest BCUT2D eigenvalue weighted by atomic mass is 16.5. The Labute approximate surface area is 67.2 Å². The van der Waals surface area contributed by atoms with Gasteiger partial charge in [0.15, 0.2) is 5.78 Å². The molecule has 0 atom stereocenters. The summed E-state index contributed by atoms with van der Waals surface area (Å²) in [6.07, 6.45) is 5.37. The largest absolute Gasteiger partial charge is 0.494 e. The zero-order valence-electron chi connectivity index (χ0n) is 7.09. The van der Waals surface area contributed by atoms with Crippen molar-refractivity contribution in [2.45, 2.75) is 38.7 Å². The molecule has 0 spiro atoms. The Morgan fingerprint density at radius 2 is 2.18 bits per heavy atom. The second-order valence-electron chi connectivity index (χ2n) is 2.95. The lowest BCUT2D eigenvalue weighted by Crippen LogP contribution is -2.34. The molecule has 0 bridgehead atoms. The molecule has 2 nitrogen and oxygen atoms in total. The standard InChI is InChI=1S/C9H14O2/c1-3-9(4-2)7-8(10)5-6-11-9/h5-6H,3-4,7H2,1-2H3. The molecule has 0 unspecified atom stereocenters. The molecule has 0 saturated carbocycles. The third-order valence-electron chi connectivity index (χ3n) is 2.36. The van der Waals surface area contributed by atoms with Crippen molar-refractivity contribution in [2.24, 2.45) is 0 Å². The average Bonchev–Trinajstić information content (AvgIpc) is 2.04. The van der Waals surface area contributed by atoms with E-state index < -0.39 is 0 Å². The first-order valence-corrected chi connectivity index (χ1v) is 4.09. The summed E-state index contributed by atoms with van der Waals surface area (Å²) < 4.78 is 5.43. The molecule has 0 aromatic heterocycles. The Morgan fingerprint density at radius 3 is 2.55 bits per heavy atom. The van der Waals surface area contributed by atoms with Gasteiger partial charge in [-0.05, 0) is 12.8 Å². The fourth-order valence-electron chi connectivity index (χ4n) is 1.34. The molecule has 0 amide bonds. The van der Waals surface area contributed by atoms with Crippen LogP contribution in [0.5, 0.6) is 0 Å². The van der Waals surface area contributed by atoms with E-state index in [1.807, 2.05) is 0 Å². The van der Waals surface area contributed by atoms with E-state index in [0.717, 1.165) is 12.8 Å². The molecule has 2 heteroatoms. The molecular formula is C9H14O2. The number of ketones is 1. The van der Waals surface area contributed by atoms with Crippen molar-refractivity contribution in [3.8, 4) is 0 Å². The summed E-state index contributed by atoms with van der Waals surface area (Å²) in [4.78, 5) is 11.0. The molecule has 11 heavy (non-hydrogen) atoms. The molecule has 0 fully saturated rings. The molecule has 0 aromatic rings. The van der Waals surface area contributed by atoms with Crippen molar-refractivity contribution in [3.05, 3.63) is 12.3 Å². The first kappa shape index (κ1) is 8.31. The molecule has 62 valence electrons. The number of rotatable bonds is 2. The summed E-state index contributed by atoms with van der Waals surface area (Å²) in [6.45, 7) is 4.10. The van der Waals surface area contributed by atoms with E-state index in [0.29, 0.717) is 6.42 Å². The van der Waals surface area contributed by atoms with E-state index in [-0.39, 0.29) is 11.4 Å². The lowest BCUT2D eigenvalue weighted by Gasteiger charge is -2.32. The van der Waals surface area contributed by atoms with Crippen molar-refractivity contribution in [1.82, 2.24) is 0 Å². The highest BCUT2D eigenvalue weighted by Crippen LogP contribution is 2.28. The maximum absolute atomic E-state index is 11.0. The van der Waals surface area contributed by atoms with Gasteiger partial charge in [-0.2, -0.15) is 0 Å². The lowest BCUT2D eigenvalue weighted by molar-refractivity contribution is -0.122. The van der Waals surface area contributed by atoms with Crippen LogP contribution in [0.15, 0.2) is 12.3 Å².